The van der Waals surface area contributed by atoms with Crippen LogP contribution in [0.2, 0.25) is 5.02 Å². The van der Waals surface area contributed by atoms with Gasteiger partial charge in [-0.2, -0.15) is 5.10 Å². The van der Waals surface area contributed by atoms with Crippen LogP contribution in [0.25, 0.3) is 0 Å². The van der Waals surface area contributed by atoms with E-state index in [4.69, 9.17) is 22.2 Å². The Kier molecular flexibility index (Phi) is 4.82. The topological polar surface area (TPSA) is 82.2 Å². The maximum Gasteiger partial charge on any atom is 0.265 e. The Morgan fingerprint density at radius 1 is 1.38 bits per heavy atom. The van der Waals surface area contributed by atoms with E-state index in [1.807, 2.05) is 18.5 Å². The molecule has 0 bridgehead atoms. The van der Waals surface area contributed by atoms with E-state index in [2.05, 4.69) is 10.5 Å². The Morgan fingerprint density at radius 2 is 2.05 bits per heavy atom. The standard InChI is InChI=1S/C14H17ClN4O2/c1-9-13(15)10(2)19(18-9)7-8-21-12-5-3-11(4-6-12)14(20)17-16/h3-6H,7-8,16H2,1-2H3,(H,17,20). The largest absolute Gasteiger partial charge is 0.492 e. The van der Waals surface area contributed by atoms with Crippen LogP contribution in [0.1, 0.15) is 21.7 Å². The van der Waals surface area contributed by atoms with Gasteiger partial charge in [0.15, 0.2) is 0 Å². The number of hydrogen-bond acceptors (Lipinski definition) is 4. The van der Waals surface area contributed by atoms with Crippen molar-refractivity contribution < 1.29 is 9.53 Å². The van der Waals surface area contributed by atoms with Gasteiger partial charge in [-0.15, -0.1) is 0 Å². The molecule has 112 valence electrons. The summed E-state index contributed by atoms with van der Waals surface area (Å²) in [6, 6.07) is 6.74. The first-order chi connectivity index (χ1) is 10.0. The normalized spacial score (nSPS) is 10.5. The molecule has 0 atom stereocenters. The van der Waals surface area contributed by atoms with E-state index < -0.39 is 0 Å². The van der Waals surface area contributed by atoms with Crippen LogP contribution in [-0.4, -0.2) is 22.3 Å². The number of nitrogens with zero attached hydrogens (tertiary/aromatic N) is 2. The molecular formula is C14H17ClN4O2. The number of aryl methyl sites for hydroxylation is 1. The summed E-state index contributed by atoms with van der Waals surface area (Å²) in [5.74, 6) is 5.41. The van der Waals surface area contributed by atoms with Crippen LogP contribution in [0.5, 0.6) is 5.75 Å². The molecule has 2 aromatic rings. The van der Waals surface area contributed by atoms with E-state index in [0.717, 1.165) is 11.4 Å². The second-order valence-corrected chi connectivity index (χ2v) is 4.93. The van der Waals surface area contributed by atoms with E-state index in [9.17, 15) is 4.79 Å². The molecule has 0 spiro atoms. The smallest absolute Gasteiger partial charge is 0.265 e. The van der Waals surface area contributed by atoms with Gasteiger partial charge in [-0.1, -0.05) is 11.6 Å². The van der Waals surface area contributed by atoms with E-state index in [1.165, 1.54) is 0 Å². The summed E-state index contributed by atoms with van der Waals surface area (Å²) >= 11 is 6.08. The number of amides is 1. The second-order valence-electron chi connectivity index (χ2n) is 4.55. The van der Waals surface area contributed by atoms with Crippen LogP contribution in [0, 0.1) is 13.8 Å². The van der Waals surface area contributed by atoms with Crippen molar-refractivity contribution >= 4 is 17.5 Å². The summed E-state index contributed by atoms with van der Waals surface area (Å²) in [5, 5.41) is 5.01. The zero-order chi connectivity index (χ0) is 15.4. The minimum absolute atomic E-state index is 0.334. The number of aromatic nitrogens is 2. The molecule has 7 heteroatoms. The Morgan fingerprint density at radius 3 is 2.57 bits per heavy atom. The van der Waals surface area contributed by atoms with Crippen molar-refractivity contribution in [3.8, 4) is 5.75 Å². The molecule has 0 saturated carbocycles. The molecule has 0 aliphatic heterocycles. The molecule has 0 radical (unpaired) electrons. The molecular weight excluding hydrogens is 292 g/mol. The molecule has 1 amide bonds. The lowest BCUT2D eigenvalue weighted by atomic mass is 10.2. The molecule has 3 N–H and O–H groups in total. The Bertz CT molecular complexity index is 637. The van der Waals surface area contributed by atoms with Gasteiger partial charge in [0.05, 0.1) is 23.0 Å². The molecule has 1 heterocycles. The highest BCUT2D eigenvalue weighted by Crippen LogP contribution is 2.19. The van der Waals surface area contributed by atoms with Crippen molar-refractivity contribution in [3.05, 3.63) is 46.2 Å². The maximum atomic E-state index is 11.3. The number of nitrogen functional groups attached to an aromatic ring is 1. The molecule has 0 aliphatic rings. The highest BCUT2D eigenvalue weighted by Gasteiger charge is 2.09. The lowest BCUT2D eigenvalue weighted by Crippen LogP contribution is -2.29. The molecule has 0 unspecified atom stereocenters. The molecule has 6 nitrogen and oxygen atoms in total. The van der Waals surface area contributed by atoms with Crippen LogP contribution in [-0.2, 0) is 6.54 Å². The van der Waals surface area contributed by atoms with Crippen molar-refractivity contribution in [2.75, 3.05) is 6.61 Å². The third kappa shape index (κ3) is 3.53. The van der Waals surface area contributed by atoms with Gasteiger partial charge < -0.3 is 4.74 Å². The predicted molar refractivity (Wildman–Crippen MR) is 80.3 cm³/mol. The Balaban J connectivity index is 1.91. The summed E-state index contributed by atoms with van der Waals surface area (Å²) in [6.45, 7) is 4.85. The van der Waals surface area contributed by atoms with Gasteiger partial charge >= 0.3 is 0 Å². The number of hydrogen-bond donors (Lipinski definition) is 2. The summed E-state index contributed by atoms with van der Waals surface area (Å²) in [5.41, 5.74) is 4.29. The van der Waals surface area contributed by atoms with E-state index >= 15 is 0 Å². The predicted octanol–water partition coefficient (Wildman–Crippen LogP) is 1.84. The minimum atomic E-state index is -0.334. The van der Waals surface area contributed by atoms with Gasteiger partial charge in [-0.05, 0) is 38.1 Å². The van der Waals surface area contributed by atoms with Gasteiger partial charge in [-0.25, -0.2) is 5.84 Å². The zero-order valence-electron chi connectivity index (χ0n) is 11.9. The third-order valence-corrected chi connectivity index (χ3v) is 3.66. The van der Waals surface area contributed by atoms with Crippen LogP contribution < -0.4 is 16.0 Å². The third-order valence-electron chi connectivity index (χ3n) is 3.11. The fraction of sp³-hybridized carbons (Fsp3) is 0.286. The lowest BCUT2D eigenvalue weighted by molar-refractivity contribution is 0.0953. The van der Waals surface area contributed by atoms with Gasteiger partial charge in [-0.3, -0.25) is 14.9 Å². The first-order valence-corrected chi connectivity index (χ1v) is 6.84. The van der Waals surface area contributed by atoms with E-state index in [0.29, 0.717) is 29.5 Å². The van der Waals surface area contributed by atoms with Crippen molar-refractivity contribution in [1.82, 2.24) is 15.2 Å². The minimum Gasteiger partial charge on any atom is -0.492 e. The lowest BCUT2D eigenvalue weighted by Gasteiger charge is -2.08. The summed E-state index contributed by atoms with van der Waals surface area (Å²) in [6.07, 6.45) is 0. The highest BCUT2D eigenvalue weighted by atomic mass is 35.5. The van der Waals surface area contributed by atoms with Crippen molar-refractivity contribution in [3.63, 3.8) is 0 Å². The summed E-state index contributed by atoms with van der Waals surface area (Å²) in [7, 11) is 0. The van der Waals surface area contributed by atoms with Crippen LogP contribution >= 0.6 is 11.6 Å². The summed E-state index contributed by atoms with van der Waals surface area (Å²) < 4.78 is 7.43. The number of nitrogens with two attached hydrogens (primary N) is 1. The number of rotatable bonds is 5. The molecule has 0 fully saturated rings. The number of benzene rings is 1. The van der Waals surface area contributed by atoms with Gasteiger partial charge in [0.2, 0.25) is 0 Å². The average molecular weight is 309 g/mol. The first-order valence-electron chi connectivity index (χ1n) is 6.46. The monoisotopic (exact) mass is 308 g/mol. The SMILES string of the molecule is Cc1nn(CCOc2ccc(C(=O)NN)cc2)c(C)c1Cl. The van der Waals surface area contributed by atoms with Crippen molar-refractivity contribution in [2.45, 2.75) is 20.4 Å². The Labute approximate surface area is 127 Å². The molecule has 21 heavy (non-hydrogen) atoms. The highest BCUT2D eigenvalue weighted by molar-refractivity contribution is 6.31. The average Bonchev–Trinajstić information content (AvgIpc) is 2.74. The van der Waals surface area contributed by atoms with Gasteiger partial charge in [0.25, 0.3) is 5.91 Å². The second kappa shape index (κ2) is 6.60. The van der Waals surface area contributed by atoms with E-state index in [1.54, 1.807) is 24.3 Å². The number of hydrazine groups is 1. The van der Waals surface area contributed by atoms with E-state index in [-0.39, 0.29) is 5.91 Å². The van der Waals surface area contributed by atoms with Crippen molar-refractivity contribution in [1.29, 1.82) is 0 Å². The first kappa shape index (κ1) is 15.3. The number of carbonyl (C=O) groups is 1. The number of ether oxygens (including phenoxy) is 1. The quantitative estimate of drug-likeness (QED) is 0.501. The summed E-state index contributed by atoms with van der Waals surface area (Å²) in [4.78, 5) is 11.3. The fourth-order valence-electron chi connectivity index (χ4n) is 1.93. The van der Waals surface area contributed by atoms with Crippen LogP contribution in [0.15, 0.2) is 24.3 Å². The number of halogens is 1. The Hall–Kier alpha value is -2.05. The van der Waals surface area contributed by atoms with Crippen molar-refractivity contribution in [2.24, 2.45) is 5.84 Å². The van der Waals surface area contributed by atoms with Crippen LogP contribution in [0.3, 0.4) is 0 Å². The maximum absolute atomic E-state index is 11.3. The fourth-order valence-corrected chi connectivity index (χ4v) is 2.06. The van der Waals surface area contributed by atoms with Crippen LogP contribution in [0.4, 0.5) is 0 Å². The van der Waals surface area contributed by atoms with Gasteiger partial charge in [0, 0.05) is 5.56 Å². The molecule has 1 aromatic carbocycles. The molecule has 2 rings (SSSR count). The molecule has 0 saturated heterocycles. The van der Waals surface area contributed by atoms with Gasteiger partial charge in [0.1, 0.15) is 12.4 Å². The molecule has 1 aromatic heterocycles. The molecule has 0 aliphatic carbocycles. The zero-order valence-corrected chi connectivity index (χ0v) is 12.6. The number of nitrogens with one attached hydrogen (secondary N) is 1. The number of carbonyl (C=O) groups excluding carboxylic acids is 1.